The highest BCUT2D eigenvalue weighted by atomic mass is 35.5. The van der Waals surface area contributed by atoms with Gasteiger partial charge in [-0.05, 0) is 38.0 Å². The molecule has 0 fully saturated rings. The molecule has 0 aliphatic heterocycles. The van der Waals surface area contributed by atoms with Gasteiger partial charge in [0.2, 0.25) is 0 Å². The van der Waals surface area contributed by atoms with E-state index >= 15 is 0 Å². The molecule has 2 rings (SSSR count). The highest BCUT2D eigenvalue weighted by Crippen LogP contribution is 2.22. The van der Waals surface area contributed by atoms with E-state index in [0.29, 0.717) is 17.9 Å². The molecule has 0 aliphatic carbocycles. The molecule has 5 heteroatoms. The van der Waals surface area contributed by atoms with Crippen molar-refractivity contribution in [2.45, 2.75) is 20.8 Å². The lowest BCUT2D eigenvalue weighted by Crippen LogP contribution is -2.17. The third kappa shape index (κ3) is 3.63. The lowest BCUT2D eigenvalue weighted by atomic mass is 10.2. The number of aryl methyl sites for hydroxylation is 2. The van der Waals surface area contributed by atoms with Gasteiger partial charge in [-0.1, -0.05) is 41.4 Å². The van der Waals surface area contributed by atoms with Gasteiger partial charge in [-0.3, -0.25) is 0 Å². The van der Waals surface area contributed by atoms with Crippen molar-refractivity contribution < 1.29 is 0 Å². The zero-order chi connectivity index (χ0) is 16.1. The van der Waals surface area contributed by atoms with Crippen molar-refractivity contribution in [3.05, 3.63) is 57.7 Å². The van der Waals surface area contributed by atoms with E-state index in [1.54, 1.807) is 11.2 Å². The first-order valence-electron chi connectivity index (χ1n) is 7.00. The summed E-state index contributed by atoms with van der Waals surface area (Å²) in [7, 11) is 0. The monoisotopic (exact) mass is 312 g/mol. The maximum atomic E-state index is 9.04. The van der Waals surface area contributed by atoms with Crippen molar-refractivity contribution in [1.29, 1.82) is 5.26 Å². The Morgan fingerprint density at radius 1 is 1.32 bits per heavy atom. The number of halogens is 1. The van der Waals surface area contributed by atoms with Gasteiger partial charge in [-0.2, -0.15) is 10.4 Å². The van der Waals surface area contributed by atoms with Crippen LogP contribution in [0.25, 0.3) is 0 Å². The molecule has 0 amide bonds. The fourth-order valence-corrected chi connectivity index (χ4v) is 2.25. The molecule has 0 aliphatic rings. The van der Waals surface area contributed by atoms with E-state index in [9.17, 15) is 0 Å². The average molecular weight is 313 g/mol. The largest absolute Gasteiger partial charge is 0.248 e. The fraction of sp³-hybridized carbons (Fsp3) is 0.235. The smallest absolute Gasteiger partial charge is 0.150 e. The molecule has 2 aromatic rings. The van der Waals surface area contributed by atoms with Crippen LogP contribution in [-0.4, -0.2) is 17.7 Å². The molecule has 0 spiro atoms. The third-order valence-corrected chi connectivity index (χ3v) is 3.53. The molecular weight excluding hydrogens is 296 g/mol. The molecular formula is C17H17ClN4. The second-order valence-electron chi connectivity index (χ2n) is 4.95. The van der Waals surface area contributed by atoms with Gasteiger partial charge in [0.1, 0.15) is 11.2 Å². The Labute approximate surface area is 135 Å². The van der Waals surface area contributed by atoms with Gasteiger partial charge >= 0.3 is 0 Å². The first kappa shape index (κ1) is 16.0. The summed E-state index contributed by atoms with van der Waals surface area (Å²) < 4.78 is 0. The molecule has 4 nitrogen and oxygen atoms in total. The summed E-state index contributed by atoms with van der Waals surface area (Å²) in [5.74, 6) is 0.632. The van der Waals surface area contributed by atoms with Gasteiger partial charge in [0.15, 0.2) is 5.82 Å². The van der Waals surface area contributed by atoms with E-state index in [1.807, 2.05) is 51.1 Å². The molecule has 1 heterocycles. The summed E-state index contributed by atoms with van der Waals surface area (Å²) in [4.78, 5) is 4.26. The number of benzene rings is 1. The Kier molecular flexibility index (Phi) is 5.13. The Hall–Kier alpha value is -2.38. The minimum absolute atomic E-state index is 0.210. The molecule has 0 saturated carbocycles. The van der Waals surface area contributed by atoms with E-state index in [2.05, 4.69) is 16.2 Å². The molecule has 0 radical (unpaired) electrons. The Bertz CT molecular complexity index is 706. The summed E-state index contributed by atoms with van der Waals surface area (Å²) in [5.41, 5.74) is 3.42. The van der Waals surface area contributed by atoms with Crippen LogP contribution in [0.4, 0.5) is 5.82 Å². The molecule has 0 unspecified atom stereocenters. The van der Waals surface area contributed by atoms with Crippen molar-refractivity contribution >= 4 is 23.6 Å². The summed E-state index contributed by atoms with van der Waals surface area (Å²) >= 11 is 6.06. The van der Waals surface area contributed by atoms with Crippen LogP contribution in [-0.2, 0) is 0 Å². The summed E-state index contributed by atoms with van der Waals surface area (Å²) in [5, 5.41) is 15.5. The second-order valence-corrected chi connectivity index (χ2v) is 5.30. The van der Waals surface area contributed by atoms with Gasteiger partial charge < -0.3 is 0 Å². The molecule has 0 atom stereocenters. The first-order chi connectivity index (χ1) is 10.5. The van der Waals surface area contributed by atoms with Crippen molar-refractivity contribution in [2.75, 3.05) is 11.6 Å². The van der Waals surface area contributed by atoms with Gasteiger partial charge in [0.25, 0.3) is 0 Å². The van der Waals surface area contributed by atoms with E-state index in [-0.39, 0.29) is 5.15 Å². The standard InChI is InChI=1S/C17H17ClN4/c1-4-22(20-11-14-7-5-12(2)6-8-14)16-9-13(3)15(10-19)17(18)21-16/h5-9,11H,4H2,1-3H3. The number of aromatic nitrogens is 1. The highest BCUT2D eigenvalue weighted by Gasteiger charge is 2.11. The van der Waals surface area contributed by atoms with Crippen LogP contribution in [0.1, 0.15) is 29.2 Å². The van der Waals surface area contributed by atoms with Gasteiger partial charge in [-0.25, -0.2) is 9.99 Å². The SMILES string of the molecule is CCN(N=Cc1ccc(C)cc1)c1cc(C)c(C#N)c(Cl)n1. The molecule has 0 N–H and O–H groups in total. The third-order valence-electron chi connectivity index (χ3n) is 3.26. The predicted molar refractivity (Wildman–Crippen MR) is 90.5 cm³/mol. The zero-order valence-corrected chi connectivity index (χ0v) is 13.6. The molecule has 112 valence electrons. The number of nitrogens with zero attached hydrogens (tertiary/aromatic N) is 4. The minimum Gasteiger partial charge on any atom is -0.248 e. The zero-order valence-electron chi connectivity index (χ0n) is 12.8. The second kappa shape index (κ2) is 7.06. The van der Waals surface area contributed by atoms with Crippen LogP contribution in [0, 0.1) is 25.2 Å². The molecule has 0 bridgehead atoms. The van der Waals surface area contributed by atoms with Crippen LogP contribution >= 0.6 is 11.6 Å². The van der Waals surface area contributed by atoms with Crippen molar-refractivity contribution in [2.24, 2.45) is 5.10 Å². The Morgan fingerprint density at radius 2 is 2.00 bits per heavy atom. The lowest BCUT2D eigenvalue weighted by Gasteiger charge is -2.17. The molecule has 1 aromatic carbocycles. The Morgan fingerprint density at radius 3 is 2.55 bits per heavy atom. The maximum Gasteiger partial charge on any atom is 0.150 e. The number of rotatable bonds is 4. The van der Waals surface area contributed by atoms with Crippen LogP contribution in [0.5, 0.6) is 0 Å². The van der Waals surface area contributed by atoms with Gasteiger partial charge in [-0.15, -0.1) is 0 Å². The van der Waals surface area contributed by atoms with E-state index in [1.165, 1.54) is 5.56 Å². The fourth-order valence-electron chi connectivity index (χ4n) is 1.98. The molecule has 1 aromatic heterocycles. The van der Waals surface area contributed by atoms with E-state index < -0.39 is 0 Å². The van der Waals surface area contributed by atoms with Crippen LogP contribution < -0.4 is 5.01 Å². The van der Waals surface area contributed by atoms with Crippen LogP contribution in [0.3, 0.4) is 0 Å². The highest BCUT2D eigenvalue weighted by molar-refractivity contribution is 6.30. The van der Waals surface area contributed by atoms with Gasteiger partial charge in [0.05, 0.1) is 11.8 Å². The number of nitriles is 1. The number of hydrogen-bond donors (Lipinski definition) is 0. The lowest BCUT2D eigenvalue weighted by molar-refractivity contribution is 0.871. The van der Waals surface area contributed by atoms with Crippen LogP contribution in [0.15, 0.2) is 35.4 Å². The van der Waals surface area contributed by atoms with E-state index in [4.69, 9.17) is 16.9 Å². The molecule has 22 heavy (non-hydrogen) atoms. The number of hydrazone groups is 1. The number of anilines is 1. The van der Waals surface area contributed by atoms with Crippen molar-refractivity contribution in [3.63, 3.8) is 0 Å². The van der Waals surface area contributed by atoms with Crippen molar-refractivity contribution in [3.8, 4) is 6.07 Å². The minimum atomic E-state index is 0.210. The topological polar surface area (TPSA) is 52.3 Å². The molecule has 0 saturated heterocycles. The van der Waals surface area contributed by atoms with Crippen LogP contribution in [0.2, 0.25) is 5.15 Å². The first-order valence-corrected chi connectivity index (χ1v) is 7.38. The average Bonchev–Trinajstić information content (AvgIpc) is 2.49. The maximum absolute atomic E-state index is 9.04. The van der Waals surface area contributed by atoms with Gasteiger partial charge in [0, 0.05) is 6.54 Å². The number of pyridine rings is 1. The normalized spacial score (nSPS) is 10.7. The van der Waals surface area contributed by atoms with Crippen molar-refractivity contribution in [1.82, 2.24) is 4.98 Å². The summed E-state index contributed by atoms with van der Waals surface area (Å²) in [6.45, 7) is 6.52. The summed E-state index contributed by atoms with van der Waals surface area (Å²) in [6, 6.07) is 12.0. The predicted octanol–water partition coefficient (Wildman–Crippen LogP) is 4.08. The summed E-state index contributed by atoms with van der Waals surface area (Å²) in [6.07, 6.45) is 1.78. The van der Waals surface area contributed by atoms with E-state index in [0.717, 1.165) is 11.1 Å². The number of hydrogen-bond acceptors (Lipinski definition) is 4. The Balaban J connectivity index is 2.29. The quantitative estimate of drug-likeness (QED) is 0.485.